The summed E-state index contributed by atoms with van der Waals surface area (Å²) in [4.78, 5) is 65.0. The standard InChI is InChI=1S/C48H41N5O4S/c1-3-5-7-9-12-28(13-10-8-6-4-2)52-45(54)34-21-17-30-32-19-23-36-43-37(24-20-33(41(32)43)31-18-22-35(46(52)55)42(34)40(30)31)48(57)53(47(36)56)39-25-16-27(26-49-39)29-14-11-15-38-44(29)51-58-50-38/h11,14-26,28H,3-10,12-13H2,1-2H3. The molecular formula is C48H41N5O4S. The van der Waals surface area contributed by atoms with E-state index in [9.17, 15) is 19.2 Å². The number of unbranched alkanes of at least 4 members (excludes halogenated alkanes) is 6. The van der Waals surface area contributed by atoms with Crippen LogP contribution in [0.15, 0.2) is 85.1 Å². The second-order valence-electron chi connectivity index (χ2n) is 15.8. The maximum absolute atomic E-state index is 14.5. The molecule has 288 valence electrons. The van der Waals surface area contributed by atoms with Crippen LogP contribution in [0.25, 0.3) is 65.3 Å². The maximum Gasteiger partial charge on any atom is 0.267 e. The lowest BCUT2D eigenvalue weighted by atomic mass is 9.82. The number of hydrogen-bond acceptors (Lipinski definition) is 8. The van der Waals surface area contributed by atoms with Crippen molar-refractivity contribution in [3.8, 4) is 11.1 Å². The average molecular weight is 784 g/mol. The molecule has 6 aromatic carbocycles. The van der Waals surface area contributed by atoms with Gasteiger partial charge in [0.15, 0.2) is 0 Å². The molecule has 0 spiro atoms. The summed E-state index contributed by atoms with van der Waals surface area (Å²) in [6.07, 6.45) is 12.0. The van der Waals surface area contributed by atoms with E-state index in [1.807, 2.05) is 60.7 Å². The second kappa shape index (κ2) is 14.4. The van der Waals surface area contributed by atoms with Crippen molar-refractivity contribution >= 4 is 95.3 Å². The van der Waals surface area contributed by atoms with E-state index in [1.165, 1.54) is 0 Å². The quantitative estimate of drug-likeness (QED) is 0.0495. The molecule has 0 atom stereocenters. The van der Waals surface area contributed by atoms with E-state index in [1.54, 1.807) is 29.3 Å². The summed E-state index contributed by atoms with van der Waals surface area (Å²) in [5.74, 6) is -1.10. The molecule has 10 heteroatoms. The van der Waals surface area contributed by atoms with Crippen molar-refractivity contribution in [2.24, 2.45) is 0 Å². The van der Waals surface area contributed by atoms with Crippen molar-refractivity contribution in [1.82, 2.24) is 18.6 Å². The number of anilines is 1. The Kier molecular flexibility index (Phi) is 8.97. The van der Waals surface area contributed by atoms with Gasteiger partial charge < -0.3 is 0 Å². The fraction of sp³-hybridized carbons (Fsp3) is 0.271. The number of rotatable bonds is 13. The Morgan fingerprint density at radius 1 is 0.534 bits per heavy atom. The summed E-state index contributed by atoms with van der Waals surface area (Å²) in [6.45, 7) is 4.38. The first kappa shape index (κ1) is 36.2. The van der Waals surface area contributed by atoms with E-state index in [-0.39, 0.29) is 23.7 Å². The normalized spacial score (nSPS) is 14.3. The third kappa shape index (κ3) is 5.45. The molecule has 2 aromatic heterocycles. The highest BCUT2D eigenvalue weighted by molar-refractivity contribution is 7.00. The molecule has 0 unspecified atom stereocenters. The fourth-order valence-electron chi connectivity index (χ4n) is 9.56. The molecule has 0 saturated carbocycles. The molecule has 0 bridgehead atoms. The van der Waals surface area contributed by atoms with Crippen LogP contribution >= 0.6 is 11.7 Å². The van der Waals surface area contributed by atoms with Gasteiger partial charge in [0.2, 0.25) is 0 Å². The molecule has 4 amide bonds. The highest BCUT2D eigenvalue weighted by Crippen LogP contribution is 2.47. The molecular weight excluding hydrogens is 743 g/mol. The summed E-state index contributed by atoms with van der Waals surface area (Å²) in [5.41, 5.74) is 5.18. The monoisotopic (exact) mass is 783 g/mol. The molecule has 10 rings (SSSR count). The zero-order chi connectivity index (χ0) is 39.7. The summed E-state index contributed by atoms with van der Waals surface area (Å²) in [7, 11) is 0. The van der Waals surface area contributed by atoms with Crippen molar-refractivity contribution < 1.29 is 19.2 Å². The minimum atomic E-state index is -0.446. The first-order valence-electron chi connectivity index (χ1n) is 20.6. The van der Waals surface area contributed by atoms with E-state index < -0.39 is 11.8 Å². The molecule has 0 N–H and O–H groups in total. The van der Waals surface area contributed by atoms with Gasteiger partial charge in [-0.1, -0.05) is 102 Å². The first-order valence-corrected chi connectivity index (χ1v) is 21.3. The number of nitrogens with zero attached hydrogens (tertiary/aromatic N) is 5. The lowest BCUT2D eigenvalue weighted by molar-refractivity contribution is 0.0516. The van der Waals surface area contributed by atoms with Crippen molar-refractivity contribution in [1.29, 1.82) is 0 Å². The van der Waals surface area contributed by atoms with Crippen molar-refractivity contribution in [3.05, 3.63) is 107 Å². The molecule has 58 heavy (non-hydrogen) atoms. The number of imide groups is 2. The molecule has 0 fully saturated rings. The van der Waals surface area contributed by atoms with Gasteiger partial charge in [0.05, 0.1) is 11.7 Å². The van der Waals surface area contributed by atoms with E-state index in [2.05, 4.69) is 27.6 Å². The molecule has 4 heterocycles. The topological polar surface area (TPSA) is 113 Å². The highest BCUT2D eigenvalue weighted by Gasteiger charge is 2.39. The fourth-order valence-corrected chi connectivity index (χ4v) is 10.1. The Balaban J connectivity index is 1.05. The van der Waals surface area contributed by atoms with Gasteiger partial charge in [-0.2, -0.15) is 8.75 Å². The predicted molar refractivity (Wildman–Crippen MR) is 231 cm³/mol. The van der Waals surface area contributed by atoms with E-state index in [0.717, 1.165) is 135 Å². The zero-order valence-electron chi connectivity index (χ0n) is 32.5. The number of carbonyl (C=O) groups is 4. The van der Waals surface area contributed by atoms with Crippen LogP contribution in [0.1, 0.15) is 119 Å². The van der Waals surface area contributed by atoms with Crippen LogP contribution in [0.2, 0.25) is 0 Å². The largest absolute Gasteiger partial charge is 0.271 e. The Morgan fingerprint density at radius 3 is 1.57 bits per heavy atom. The van der Waals surface area contributed by atoms with Crippen LogP contribution in [0.4, 0.5) is 5.82 Å². The van der Waals surface area contributed by atoms with Gasteiger partial charge in [-0.3, -0.25) is 24.1 Å². The summed E-state index contributed by atoms with van der Waals surface area (Å²) in [5, 5.41) is 6.44. The Morgan fingerprint density at radius 2 is 1.07 bits per heavy atom. The van der Waals surface area contributed by atoms with Crippen LogP contribution in [-0.2, 0) is 0 Å². The Labute approximate surface area is 339 Å². The summed E-state index contributed by atoms with van der Waals surface area (Å²) in [6, 6.07) is 24.3. The van der Waals surface area contributed by atoms with Gasteiger partial charge in [0, 0.05) is 56.4 Å². The zero-order valence-corrected chi connectivity index (χ0v) is 33.3. The van der Waals surface area contributed by atoms with E-state index in [4.69, 9.17) is 0 Å². The first-order chi connectivity index (χ1) is 28.4. The number of fused-ring (bicyclic) bond motifs is 3. The van der Waals surface area contributed by atoms with Gasteiger partial charge in [0.25, 0.3) is 23.6 Å². The van der Waals surface area contributed by atoms with Crippen LogP contribution in [0.5, 0.6) is 0 Å². The SMILES string of the molecule is CCCCCCC(CCCCCC)N1C(=O)c2ccc3c4ccc5c6c(ccc(c7ccc(c2c37)C1=O)c64)C(=O)N(c1ccc(-c2cccc3nsnc23)cn1)C5=O. The minimum absolute atomic E-state index is 0.139. The van der Waals surface area contributed by atoms with Gasteiger partial charge in [-0.25, -0.2) is 9.88 Å². The van der Waals surface area contributed by atoms with Crippen molar-refractivity contribution in [2.75, 3.05) is 4.90 Å². The Hall–Kier alpha value is -6.13. The highest BCUT2D eigenvalue weighted by atomic mass is 32.1. The van der Waals surface area contributed by atoms with Crippen LogP contribution in [0.3, 0.4) is 0 Å². The van der Waals surface area contributed by atoms with Gasteiger partial charge >= 0.3 is 0 Å². The van der Waals surface area contributed by atoms with Gasteiger partial charge in [-0.15, -0.1) is 0 Å². The molecule has 0 aliphatic carbocycles. The van der Waals surface area contributed by atoms with Gasteiger partial charge in [-0.05, 0) is 87.6 Å². The maximum atomic E-state index is 14.5. The van der Waals surface area contributed by atoms with Crippen LogP contribution in [-0.4, -0.2) is 48.3 Å². The number of amides is 4. The molecule has 2 aliphatic rings. The molecule has 0 saturated heterocycles. The average Bonchev–Trinajstić information content (AvgIpc) is 3.74. The lowest BCUT2D eigenvalue weighted by Gasteiger charge is -2.35. The Bertz CT molecular complexity index is 2860. The van der Waals surface area contributed by atoms with Crippen LogP contribution in [0, 0.1) is 0 Å². The second-order valence-corrected chi connectivity index (χ2v) is 16.3. The number of hydrogen-bond donors (Lipinski definition) is 0. The third-order valence-corrected chi connectivity index (χ3v) is 12.9. The molecule has 0 radical (unpaired) electrons. The number of pyridine rings is 1. The van der Waals surface area contributed by atoms with Crippen molar-refractivity contribution in [2.45, 2.75) is 84.1 Å². The van der Waals surface area contributed by atoms with Crippen LogP contribution < -0.4 is 4.90 Å². The number of aromatic nitrogens is 3. The third-order valence-electron chi connectivity index (χ3n) is 12.4. The predicted octanol–water partition coefficient (Wildman–Crippen LogP) is 11.5. The number of benzene rings is 6. The van der Waals surface area contributed by atoms with E-state index >= 15 is 0 Å². The number of carbonyl (C=O) groups excluding carboxylic acids is 4. The van der Waals surface area contributed by atoms with Crippen molar-refractivity contribution in [3.63, 3.8) is 0 Å². The smallest absolute Gasteiger partial charge is 0.267 e. The molecule has 8 aromatic rings. The summed E-state index contributed by atoms with van der Waals surface area (Å²) < 4.78 is 8.78. The van der Waals surface area contributed by atoms with Gasteiger partial charge in [0.1, 0.15) is 16.9 Å². The molecule has 9 nitrogen and oxygen atoms in total. The lowest BCUT2D eigenvalue weighted by Crippen LogP contribution is -2.47. The van der Waals surface area contributed by atoms with E-state index in [0.29, 0.717) is 33.0 Å². The minimum Gasteiger partial charge on any atom is -0.271 e. The summed E-state index contributed by atoms with van der Waals surface area (Å²) >= 11 is 1.15. The molecule has 2 aliphatic heterocycles.